The summed E-state index contributed by atoms with van der Waals surface area (Å²) in [7, 11) is 1.58. The Kier molecular flexibility index (Phi) is 14.0. The van der Waals surface area contributed by atoms with E-state index in [4.69, 9.17) is 33.7 Å². The molecule has 12 nitrogen and oxygen atoms in total. The third kappa shape index (κ3) is 9.22. The predicted molar refractivity (Wildman–Crippen MR) is 228 cm³/mol. The molecular weight excluding hydrogens is 763 g/mol. The van der Waals surface area contributed by atoms with Crippen molar-refractivity contribution < 1.29 is 43.5 Å². The Morgan fingerprint density at radius 2 is 1.78 bits per heavy atom. The van der Waals surface area contributed by atoms with Gasteiger partial charge in [0.1, 0.15) is 31.3 Å². The molecule has 3 heterocycles. The number of ether oxygens (including phenoxy) is 5. The number of unbranched alkanes of at least 4 members (excludes halogenated alkanes) is 2. The van der Waals surface area contributed by atoms with Gasteiger partial charge in [-0.15, -0.1) is 6.58 Å². The molecule has 2 aromatic rings. The second-order valence-electron chi connectivity index (χ2n) is 17.5. The van der Waals surface area contributed by atoms with Gasteiger partial charge < -0.3 is 43.6 Å². The lowest BCUT2D eigenvalue weighted by Crippen LogP contribution is -2.70. The molecule has 60 heavy (non-hydrogen) atoms. The van der Waals surface area contributed by atoms with Crippen molar-refractivity contribution in [3.63, 3.8) is 0 Å². The molecule has 6 atom stereocenters. The van der Waals surface area contributed by atoms with E-state index in [-0.39, 0.29) is 56.2 Å². The molecule has 0 spiro atoms. The Hall–Kier alpha value is -4.10. The number of carbonyl (C=O) groups excluding carboxylic acids is 1. The van der Waals surface area contributed by atoms with E-state index >= 15 is 4.79 Å². The van der Waals surface area contributed by atoms with Gasteiger partial charge in [-0.25, -0.2) is 0 Å². The van der Waals surface area contributed by atoms with Crippen LogP contribution in [0.5, 0.6) is 23.0 Å². The molecule has 3 aliphatic heterocycles. The summed E-state index contributed by atoms with van der Waals surface area (Å²) < 4.78 is 32.5. The number of hydrogen-bond acceptors (Lipinski definition) is 11. The molecule has 3 fully saturated rings. The topological polar surface area (TPSA) is 132 Å². The van der Waals surface area contributed by atoms with Gasteiger partial charge in [-0.05, 0) is 91.3 Å². The van der Waals surface area contributed by atoms with Crippen LogP contribution in [-0.2, 0) is 20.9 Å². The maximum absolute atomic E-state index is 15.1. The van der Waals surface area contributed by atoms with Gasteiger partial charge in [0.15, 0.2) is 11.5 Å². The zero-order valence-corrected chi connectivity index (χ0v) is 35.4. The molecule has 2 aromatic carbocycles. The number of benzene rings is 2. The number of fused-ring (bicyclic) bond motifs is 3. The Morgan fingerprint density at radius 3 is 2.55 bits per heavy atom. The molecule has 0 unspecified atom stereocenters. The van der Waals surface area contributed by atoms with Gasteiger partial charge in [-0.2, -0.15) is 0 Å². The Bertz CT molecular complexity index is 1860. The van der Waals surface area contributed by atoms with E-state index < -0.39 is 11.8 Å². The first-order valence-corrected chi connectivity index (χ1v) is 22.6. The van der Waals surface area contributed by atoms with Gasteiger partial charge in [0.2, 0.25) is 18.5 Å². The third-order valence-corrected chi connectivity index (χ3v) is 13.8. The average molecular weight is 828 g/mol. The molecule has 3 aliphatic carbocycles. The van der Waals surface area contributed by atoms with Crippen LogP contribution in [0.3, 0.4) is 0 Å². The highest BCUT2D eigenvalue weighted by Crippen LogP contribution is 2.62. The van der Waals surface area contributed by atoms with Crippen molar-refractivity contribution in [2.75, 3.05) is 60.0 Å². The van der Waals surface area contributed by atoms with E-state index in [0.29, 0.717) is 49.8 Å². The van der Waals surface area contributed by atoms with Crippen molar-refractivity contribution in [2.24, 2.45) is 28.8 Å². The second-order valence-corrected chi connectivity index (χ2v) is 17.5. The zero-order valence-electron chi connectivity index (χ0n) is 35.4. The lowest BCUT2D eigenvalue weighted by Gasteiger charge is -2.60. The monoisotopic (exact) mass is 827 g/mol. The Labute approximate surface area is 355 Å². The van der Waals surface area contributed by atoms with Crippen molar-refractivity contribution in [1.29, 1.82) is 0 Å². The average Bonchev–Trinajstić information content (AvgIpc) is 3.70. The fourth-order valence-electron chi connectivity index (χ4n) is 10.8. The van der Waals surface area contributed by atoms with Crippen molar-refractivity contribution in [2.45, 2.75) is 108 Å². The molecule has 0 aromatic heterocycles. The first-order chi connectivity index (χ1) is 29.5. The fourth-order valence-corrected chi connectivity index (χ4v) is 10.8. The molecule has 2 N–H and O–H groups in total. The minimum absolute atomic E-state index is 0.0497. The van der Waals surface area contributed by atoms with Crippen LogP contribution in [0.4, 0.5) is 0 Å². The fraction of sp³-hybridized carbons (Fsp3) is 0.625. The molecule has 8 rings (SSSR count). The van der Waals surface area contributed by atoms with Crippen molar-refractivity contribution in [1.82, 2.24) is 9.80 Å². The number of allylic oxidation sites excluding steroid dienone is 1. The Balaban J connectivity index is 1.27. The van der Waals surface area contributed by atoms with Crippen LogP contribution in [0, 0.1) is 23.7 Å². The maximum Gasteiger partial charge on any atom is 0.239 e. The van der Waals surface area contributed by atoms with E-state index in [1.54, 1.807) is 13.2 Å². The van der Waals surface area contributed by atoms with E-state index in [2.05, 4.69) is 23.6 Å². The number of nitrogens with zero attached hydrogens (tertiary/aromatic N) is 3. The SMILES string of the molecule is C=CCO[C@@]12Oc3ccc(OCCN4CC4)cc3[C@H]3[C@H](CCCCO)[C@@H](CCCCO)C=C(C(=NOC)C[C@@H]1N(Cc1ccc4c(c1)OCO4)C(=O)CCC1CCCC1)[C@H]32. The van der Waals surface area contributed by atoms with E-state index in [1.165, 1.54) is 12.8 Å². The standard InChI is InChI=1S/C48H65N3O9/c1-3-25-59-48-44(51(45(54)19-15-33-10-4-5-11-33)31-34-14-17-42-43(27-34)58-32-57-42)30-40(49-55-2)38-28-35(12-6-8-23-52)37(13-7-9-24-53)46(47(38)48)39-29-36(16-18-41(39)60-48)56-26-22-50-20-21-50/h3,14,16-18,27-29,33,35,37,44,46-47,52-53H,1,4-13,15,19-26,30-32H2,2H3/t35-,37+,44-,46+,47+,48+/m0/s1. The van der Waals surface area contributed by atoms with Gasteiger partial charge in [0, 0.05) is 63.7 Å². The van der Waals surface area contributed by atoms with Crippen molar-refractivity contribution in [3.05, 3.63) is 71.8 Å². The van der Waals surface area contributed by atoms with E-state index in [9.17, 15) is 10.2 Å². The normalized spacial score (nSPS) is 27.1. The van der Waals surface area contributed by atoms with Gasteiger partial charge in [0.25, 0.3) is 0 Å². The third-order valence-electron chi connectivity index (χ3n) is 13.8. The molecular formula is C48H65N3O9. The minimum atomic E-state index is -1.32. The number of hydrogen-bond donors (Lipinski definition) is 2. The van der Waals surface area contributed by atoms with Crippen LogP contribution in [0.2, 0.25) is 0 Å². The summed E-state index contributed by atoms with van der Waals surface area (Å²) in [5.74, 6) is 1.94. The van der Waals surface area contributed by atoms with Gasteiger partial charge in [-0.3, -0.25) is 9.69 Å². The first kappa shape index (κ1) is 42.6. The minimum Gasteiger partial charge on any atom is -0.492 e. The summed E-state index contributed by atoms with van der Waals surface area (Å²) in [6, 6.07) is 11.5. The molecule has 0 radical (unpaired) electrons. The van der Waals surface area contributed by atoms with Gasteiger partial charge >= 0.3 is 0 Å². The van der Waals surface area contributed by atoms with Crippen molar-refractivity contribution >= 4 is 11.6 Å². The molecule has 0 bridgehead atoms. The summed E-state index contributed by atoms with van der Waals surface area (Å²) in [5.41, 5.74) is 3.79. The van der Waals surface area contributed by atoms with Gasteiger partial charge in [-0.1, -0.05) is 61.9 Å². The number of amides is 1. The summed E-state index contributed by atoms with van der Waals surface area (Å²) in [6.45, 7) is 8.74. The van der Waals surface area contributed by atoms with Crippen LogP contribution in [0.1, 0.15) is 101 Å². The molecule has 1 saturated heterocycles. The molecule has 326 valence electrons. The van der Waals surface area contributed by atoms with Crippen LogP contribution < -0.4 is 18.9 Å². The summed E-state index contributed by atoms with van der Waals surface area (Å²) in [4.78, 5) is 25.1. The number of carbonyl (C=O) groups is 1. The Morgan fingerprint density at radius 1 is 1.00 bits per heavy atom. The molecule has 2 saturated carbocycles. The number of aliphatic hydroxyl groups is 2. The van der Waals surface area contributed by atoms with Crippen molar-refractivity contribution in [3.8, 4) is 23.0 Å². The lowest BCUT2D eigenvalue weighted by atomic mass is 9.55. The summed E-state index contributed by atoms with van der Waals surface area (Å²) in [5, 5.41) is 24.6. The van der Waals surface area contributed by atoms with Crippen LogP contribution in [0.15, 0.2) is 65.9 Å². The molecule has 12 heteroatoms. The largest absolute Gasteiger partial charge is 0.492 e. The first-order valence-electron chi connectivity index (χ1n) is 22.6. The molecule has 6 aliphatic rings. The number of aliphatic hydroxyl groups excluding tert-OH is 2. The predicted octanol–water partition coefficient (Wildman–Crippen LogP) is 7.37. The van der Waals surface area contributed by atoms with Crippen LogP contribution in [-0.4, -0.2) is 103 Å². The second kappa shape index (κ2) is 19.7. The highest BCUT2D eigenvalue weighted by atomic mass is 16.7. The lowest BCUT2D eigenvalue weighted by molar-refractivity contribution is -0.258. The summed E-state index contributed by atoms with van der Waals surface area (Å²) in [6.07, 6.45) is 15.4. The smallest absolute Gasteiger partial charge is 0.239 e. The quantitative estimate of drug-likeness (QED) is 0.0537. The van der Waals surface area contributed by atoms with Crippen LogP contribution in [0.25, 0.3) is 0 Å². The highest BCUT2D eigenvalue weighted by molar-refractivity contribution is 6.03. The number of oxime groups is 1. The maximum atomic E-state index is 15.1. The number of rotatable bonds is 22. The zero-order chi connectivity index (χ0) is 41.5. The van der Waals surface area contributed by atoms with Gasteiger partial charge in [0.05, 0.1) is 18.2 Å². The van der Waals surface area contributed by atoms with Crippen LogP contribution >= 0.6 is 0 Å². The highest BCUT2D eigenvalue weighted by Gasteiger charge is 2.65. The van der Waals surface area contributed by atoms with E-state index in [0.717, 1.165) is 105 Å². The molecule has 1 amide bonds. The summed E-state index contributed by atoms with van der Waals surface area (Å²) >= 11 is 0. The van der Waals surface area contributed by atoms with E-state index in [1.807, 2.05) is 35.2 Å².